The van der Waals surface area contributed by atoms with Gasteiger partial charge in [0.1, 0.15) is 23.3 Å². The van der Waals surface area contributed by atoms with Crippen LogP contribution < -0.4 is 9.64 Å². The van der Waals surface area contributed by atoms with Crippen LogP contribution in [0.25, 0.3) is 0 Å². The molecule has 1 aromatic rings. The van der Waals surface area contributed by atoms with E-state index in [1.807, 2.05) is 43.5 Å². The highest BCUT2D eigenvalue weighted by atomic mass is 32.2. The van der Waals surface area contributed by atoms with Crippen molar-refractivity contribution >= 4 is 23.5 Å². The Balaban J connectivity index is 1.55. The van der Waals surface area contributed by atoms with Crippen LogP contribution in [0.3, 0.4) is 0 Å². The van der Waals surface area contributed by atoms with Gasteiger partial charge in [0.15, 0.2) is 0 Å². The molecule has 150 valence electrons. The number of nitrogens with zero attached hydrogens (tertiary/aromatic N) is 2. The summed E-state index contributed by atoms with van der Waals surface area (Å²) >= 11 is 1.94. The predicted molar refractivity (Wildman–Crippen MR) is 107 cm³/mol. The van der Waals surface area contributed by atoms with Crippen molar-refractivity contribution < 1.29 is 18.7 Å². The number of halogens is 1. The van der Waals surface area contributed by atoms with Crippen LogP contribution in [0.2, 0.25) is 0 Å². The van der Waals surface area contributed by atoms with E-state index < -0.39 is 5.60 Å². The maximum Gasteiger partial charge on any atom is 0.410 e. The van der Waals surface area contributed by atoms with Crippen molar-refractivity contribution in [1.29, 1.82) is 0 Å². The van der Waals surface area contributed by atoms with Crippen molar-refractivity contribution in [3.05, 3.63) is 24.0 Å². The third-order valence-electron chi connectivity index (χ3n) is 4.66. The van der Waals surface area contributed by atoms with Crippen LogP contribution in [0.4, 0.5) is 14.9 Å². The Morgan fingerprint density at radius 2 is 1.81 bits per heavy atom. The lowest BCUT2D eigenvalue weighted by Gasteiger charge is -2.36. The largest absolute Gasteiger partial charge is 0.490 e. The van der Waals surface area contributed by atoms with Crippen LogP contribution in [0.1, 0.15) is 33.6 Å². The van der Waals surface area contributed by atoms with E-state index in [4.69, 9.17) is 9.47 Å². The quantitative estimate of drug-likeness (QED) is 0.768. The molecular weight excluding hydrogens is 367 g/mol. The molecule has 27 heavy (non-hydrogen) atoms. The zero-order valence-electron chi connectivity index (χ0n) is 16.4. The molecule has 0 N–H and O–H groups in total. The lowest BCUT2D eigenvalue weighted by atomic mass is 10.2. The van der Waals surface area contributed by atoms with Crippen LogP contribution in [0, 0.1) is 5.82 Å². The third-order valence-corrected chi connectivity index (χ3v) is 5.71. The number of benzene rings is 1. The maximum absolute atomic E-state index is 14.6. The number of thioether (sulfide) groups is 1. The predicted octanol–water partition coefficient (Wildman–Crippen LogP) is 4.16. The molecule has 5 nitrogen and oxygen atoms in total. The molecule has 0 radical (unpaired) electrons. The Bertz CT molecular complexity index is 651. The second-order valence-electron chi connectivity index (χ2n) is 8.00. The zero-order valence-corrected chi connectivity index (χ0v) is 17.2. The average Bonchev–Trinajstić information content (AvgIpc) is 2.61. The van der Waals surface area contributed by atoms with Gasteiger partial charge in [-0.25, -0.2) is 9.18 Å². The summed E-state index contributed by atoms with van der Waals surface area (Å²) in [6.45, 7) is 7.76. The zero-order chi connectivity index (χ0) is 19.4. The lowest BCUT2D eigenvalue weighted by molar-refractivity contribution is 0.0240. The first kappa shape index (κ1) is 20.1. The summed E-state index contributed by atoms with van der Waals surface area (Å²) in [6.07, 6.45) is 1.91. The van der Waals surface area contributed by atoms with E-state index in [2.05, 4.69) is 0 Å². The van der Waals surface area contributed by atoms with E-state index in [9.17, 15) is 9.18 Å². The standard InChI is InChI=1S/C20H29FN2O3S/c1-20(2,3)26-19(24)23-10-8-22(9-11-23)18-5-4-16(14-17(18)21)25-15-6-12-27-13-7-15/h4-5,14-15H,6-13H2,1-3H3. The van der Waals surface area contributed by atoms with Gasteiger partial charge in [-0.3, -0.25) is 0 Å². The van der Waals surface area contributed by atoms with Crippen LogP contribution >= 0.6 is 11.8 Å². The molecule has 2 saturated heterocycles. The Morgan fingerprint density at radius 3 is 2.41 bits per heavy atom. The van der Waals surface area contributed by atoms with Crippen molar-refractivity contribution in [3.63, 3.8) is 0 Å². The van der Waals surface area contributed by atoms with Crippen molar-refractivity contribution in [1.82, 2.24) is 4.90 Å². The first-order valence-electron chi connectivity index (χ1n) is 9.59. The Hall–Kier alpha value is -1.63. The first-order chi connectivity index (χ1) is 12.8. The average molecular weight is 397 g/mol. The van der Waals surface area contributed by atoms with E-state index >= 15 is 0 Å². The number of hydrogen-bond donors (Lipinski definition) is 0. The van der Waals surface area contributed by atoms with Gasteiger partial charge in [-0.05, 0) is 57.3 Å². The van der Waals surface area contributed by atoms with Crippen molar-refractivity contribution in [2.75, 3.05) is 42.6 Å². The number of ether oxygens (including phenoxy) is 2. The second-order valence-corrected chi connectivity index (χ2v) is 9.22. The van der Waals surface area contributed by atoms with E-state index in [-0.39, 0.29) is 18.0 Å². The summed E-state index contributed by atoms with van der Waals surface area (Å²) in [6, 6.07) is 5.11. The first-order valence-corrected chi connectivity index (χ1v) is 10.7. The van der Waals surface area contributed by atoms with Gasteiger partial charge >= 0.3 is 6.09 Å². The third kappa shape index (κ3) is 5.67. The Kier molecular flexibility index (Phi) is 6.40. The highest BCUT2D eigenvalue weighted by molar-refractivity contribution is 7.99. The topological polar surface area (TPSA) is 42.0 Å². The van der Waals surface area contributed by atoms with Gasteiger partial charge in [-0.2, -0.15) is 11.8 Å². The number of carbonyl (C=O) groups excluding carboxylic acids is 1. The minimum absolute atomic E-state index is 0.189. The molecule has 0 aromatic heterocycles. The van der Waals surface area contributed by atoms with Crippen LogP contribution in [-0.4, -0.2) is 60.4 Å². The normalized spacial score (nSPS) is 19.1. The summed E-state index contributed by atoms with van der Waals surface area (Å²) in [4.78, 5) is 15.8. The number of amides is 1. The van der Waals surface area contributed by atoms with Gasteiger partial charge in [0, 0.05) is 32.2 Å². The Labute approximate surface area is 165 Å². The van der Waals surface area contributed by atoms with Crippen molar-refractivity contribution in [2.45, 2.75) is 45.3 Å². The van der Waals surface area contributed by atoms with Crippen molar-refractivity contribution in [3.8, 4) is 5.75 Å². The molecule has 0 unspecified atom stereocenters. The number of anilines is 1. The van der Waals surface area contributed by atoms with Gasteiger partial charge in [0.05, 0.1) is 5.69 Å². The summed E-state index contributed by atoms with van der Waals surface area (Å²) in [7, 11) is 0. The molecule has 0 bridgehead atoms. The SMILES string of the molecule is CC(C)(C)OC(=O)N1CCN(c2ccc(OC3CCSCC3)cc2F)CC1. The monoisotopic (exact) mass is 396 g/mol. The number of rotatable bonds is 3. The second kappa shape index (κ2) is 8.59. The van der Waals surface area contributed by atoms with E-state index in [1.165, 1.54) is 6.07 Å². The molecule has 1 aromatic carbocycles. The molecule has 0 atom stereocenters. The maximum atomic E-state index is 14.6. The summed E-state index contributed by atoms with van der Waals surface area (Å²) in [5, 5.41) is 0. The molecular formula is C20H29FN2O3S. The van der Waals surface area contributed by atoms with E-state index in [0.29, 0.717) is 37.6 Å². The Morgan fingerprint density at radius 1 is 1.15 bits per heavy atom. The smallest absolute Gasteiger partial charge is 0.410 e. The van der Waals surface area contributed by atoms with Crippen LogP contribution in [-0.2, 0) is 4.74 Å². The number of piperazine rings is 1. The van der Waals surface area contributed by atoms with Gasteiger partial charge in [-0.1, -0.05) is 0 Å². The molecule has 0 saturated carbocycles. The molecule has 2 heterocycles. The molecule has 2 aliphatic heterocycles. The highest BCUT2D eigenvalue weighted by Gasteiger charge is 2.27. The molecule has 2 aliphatic rings. The van der Waals surface area contributed by atoms with Crippen LogP contribution in [0.15, 0.2) is 18.2 Å². The van der Waals surface area contributed by atoms with E-state index in [0.717, 1.165) is 24.3 Å². The summed E-state index contributed by atoms with van der Waals surface area (Å²) < 4.78 is 26.0. The summed E-state index contributed by atoms with van der Waals surface area (Å²) in [5.74, 6) is 2.53. The fourth-order valence-corrected chi connectivity index (χ4v) is 4.32. The van der Waals surface area contributed by atoms with E-state index in [1.54, 1.807) is 11.0 Å². The molecule has 2 fully saturated rings. The molecule has 0 aliphatic carbocycles. The van der Waals surface area contributed by atoms with Gasteiger partial charge in [-0.15, -0.1) is 0 Å². The molecule has 1 amide bonds. The van der Waals surface area contributed by atoms with Crippen LogP contribution in [0.5, 0.6) is 5.75 Å². The minimum atomic E-state index is -0.507. The molecule has 0 spiro atoms. The van der Waals surface area contributed by atoms with Crippen molar-refractivity contribution in [2.24, 2.45) is 0 Å². The fraction of sp³-hybridized carbons (Fsp3) is 0.650. The van der Waals surface area contributed by atoms with Gasteiger partial charge < -0.3 is 19.3 Å². The number of hydrogen-bond acceptors (Lipinski definition) is 5. The lowest BCUT2D eigenvalue weighted by Crippen LogP contribution is -2.50. The minimum Gasteiger partial charge on any atom is -0.490 e. The summed E-state index contributed by atoms with van der Waals surface area (Å²) in [5.41, 5.74) is 0.0538. The number of carbonyl (C=O) groups is 1. The molecule has 3 rings (SSSR count). The fourth-order valence-electron chi connectivity index (χ4n) is 3.26. The molecule has 7 heteroatoms. The van der Waals surface area contributed by atoms with Gasteiger partial charge in [0.2, 0.25) is 0 Å². The van der Waals surface area contributed by atoms with Gasteiger partial charge in [0.25, 0.3) is 0 Å². The highest BCUT2D eigenvalue weighted by Crippen LogP contribution is 2.28.